The van der Waals surface area contributed by atoms with Crippen LogP contribution in [0.5, 0.6) is 0 Å². The lowest BCUT2D eigenvalue weighted by Gasteiger charge is -2.05. The Hall–Kier alpha value is -1.92. The van der Waals surface area contributed by atoms with E-state index in [9.17, 15) is 4.79 Å². The fourth-order valence-electron chi connectivity index (χ4n) is 1.37. The third-order valence-corrected chi connectivity index (χ3v) is 2.75. The molecule has 2 rings (SSSR count). The van der Waals surface area contributed by atoms with Gasteiger partial charge in [0.2, 0.25) is 0 Å². The second-order valence-corrected chi connectivity index (χ2v) is 4.40. The molecule has 0 bridgehead atoms. The Bertz CT molecular complexity index is 568. The first kappa shape index (κ1) is 13.5. The number of halogens is 1. The predicted molar refractivity (Wildman–Crippen MR) is 68.7 cm³/mol. The molecule has 0 radical (unpaired) electrons. The minimum atomic E-state index is -0.929. The third kappa shape index (κ3) is 3.52. The summed E-state index contributed by atoms with van der Waals surface area (Å²) in [5, 5.41) is 15.9. The van der Waals surface area contributed by atoms with Crippen molar-refractivity contribution in [3.63, 3.8) is 0 Å². The molecular weight excluding hydrogens is 270 g/mol. The van der Waals surface area contributed by atoms with Gasteiger partial charge in [-0.3, -0.25) is 10.1 Å². The summed E-state index contributed by atoms with van der Waals surface area (Å²) in [7, 11) is 0. The van der Waals surface area contributed by atoms with Crippen molar-refractivity contribution >= 4 is 17.6 Å². The van der Waals surface area contributed by atoms with Crippen molar-refractivity contribution in [2.45, 2.75) is 19.5 Å². The standard InChI is InChI=1S/C12H12ClN3O3/c1-7(12(17)18)14-6-10-15-11(19-16-10)8-2-4-9(13)5-3-8/h2-5,7,14H,6H2,1H3,(H,17,18). The van der Waals surface area contributed by atoms with Crippen LogP contribution in [-0.2, 0) is 11.3 Å². The average Bonchev–Trinajstić information content (AvgIpc) is 2.85. The maximum absolute atomic E-state index is 10.6. The molecule has 1 heterocycles. The molecule has 1 atom stereocenters. The predicted octanol–water partition coefficient (Wildman–Crippen LogP) is 1.95. The maximum Gasteiger partial charge on any atom is 0.320 e. The maximum atomic E-state index is 10.6. The van der Waals surface area contributed by atoms with E-state index in [1.54, 1.807) is 31.2 Å². The number of benzene rings is 1. The number of nitrogens with zero attached hydrogens (tertiary/aromatic N) is 2. The first-order valence-corrected chi connectivity index (χ1v) is 5.99. The van der Waals surface area contributed by atoms with Gasteiger partial charge in [-0.15, -0.1) is 0 Å². The van der Waals surface area contributed by atoms with Gasteiger partial charge in [0.15, 0.2) is 5.82 Å². The van der Waals surface area contributed by atoms with Crippen LogP contribution in [0.1, 0.15) is 12.7 Å². The third-order valence-electron chi connectivity index (χ3n) is 2.50. The molecule has 1 unspecified atom stereocenters. The van der Waals surface area contributed by atoms with E-state index in [2.05, 4.69) is 15.5 Å². The van der Waals surface area contributed by atoms with Crippen LogP contribution in [0.3, 0.4) is 0 Å². The van der Waals surface area contributed by atoms with Crippen LogP contribution in [0.2, 0.25) is 5.02 Å². The molecule has 6 nitrogen and oxygen atoms in total. The Morgan fingerprint density at radius 3 is 2.79 bits per heavy atom. The van der Waals surface area contributed by atoms with Gasteiger partial charge in [-0.1, -0.05) is 16.8 Å². The zero-order valence-corrected chi connectivity index (χ0v) is 10.9. The minimum Gasteiger partial charge on any atom is -0.480 e. The van der Waals surface area contributed by atoms with E-state index in [1.807, 2.05) is 0 Å². The van der Waals surface area contributed by atoms with E-state index in [-0.39, 0.29) is 6.54 Å². The van der Waals surface area contributed by atoms with Crippen LogP contribution in [0.15, 0.2) is 28.8 Å². The van der Waals surface area contributed by atoms with Gasteiger partial charge in [0.25, 0.3) is 5.89 Å². The van der Waals surface area contributed by atoms with Crippen LogP contribution >= 0.6 is 11.6 Å². The Morgan fingerprint density at radius 2 is 2.16 bits per heavy atom. The lowest BCUT2D eigenvalue weighted by Crippen LogP contribution is -2.33. The normalized spacial score (nSPS) is 12.3. The Kier molecular flexibility index (Phi) is 4.13. The number of aliphatic carboxylic acids is 1. The summed E-state index contributed by atoms with van der Waals surface area (Å²) in [5.41, 5.74) is 0.759. The molecule has 0 aliphatic heterocycles. The highest BCUT2D eigenvalue weighted by molar-refractivity contribution is 6.30. The van der Waals surface area contributed by atoms with Gasteiger partial charge in [0.1, 0.15) is 6.04 Å². The number of rotatable bonds is 5. The quantitative estimate of drug-likeness (QED) is 0.871. The van der Waals surface area contributed by atoms with E-state index in [4.69, 9.17) is 21.2 Å². The lowest BCUT2D eigenvalue weighted by atomic mass is 10.2. The molecule has 2 N–H and O–H groups in total. The monoisotopic (exact) mass is 281 g/mol. The van der Waals surface area contributed by atoms with Crippen molar-refractivity contribution < 1.29 is 14.4 Å². The molecule has 0 amide bonds. The Morgan fingerprint density at radius 1 is 1.47 bits per heavy atom. The zero-order valence-electron chi connectivity index (χ0n) is 10.1. The van der Waals surface area contributed by atoms with E-state index >= 15 is 0 Å². The fourth-order valence-corrected chi connectivity index (χ4v) is 1.49. The average molecular weight is 282 g/mol. The molecule has 0 aliphatic rings. The fraction of sp³-hybridized carbons (Fsp3) is 0.250. The number of nitrogens with one attached hydrogen (secondary N) is 1. The van der Waals surface area contributed by atoms with Crippen LogP contribution in [-0.4, -0.2) is 27.3 Å². The first-order valence-electron chi connectivity index (χ1n) is 5.61. The van der Waals surface area contributed by atoms with Crippen LogP contribution < -0.4 is 5.32 Å². The number of hydrogen-bond acceptors (Lipinski definition) is 5. The van der Waals surface area contributed by atoms with Crippen molar-refractivity contribution in [2.75, 3.05) is 0 Å². The molecule has 1 aromatic carbocycles. The Balaban J connectivity index is 2.03. The zero-order chi connectivity index (χ0) is 13.8. The van der Waals surface area contributed by atoms with Crippen molar-refractivity contribution in [2.24, 2.45) is 0 Å². The molecule has 0 saturated carbocycles. The molecule has 0 saturated heterocycles. The van der Waals surface area contributed by atoms with E-state index < -0.39 is 12.0 Å². The lowest BCUT2D eigenvalue weighted by molar-refractivity contribution is -0.139. The van der Waals surface area contributed by atoms with Gasteiger partial charge in [0.05, 0.1) is 6.54 Å². The summed E-state index contributed by atoms with van der Waals surface area (Å²) in [6.45, 7) is 1.77. The summed E-state index contributed by atoms with van der Waals surface area (Å²) in [4.78, 5) is 14.8. The van der Waals surface area contributed by atoms with Gasteiger partial charge in [0, 0.05) is 10.6 Å². The smallest absolute Gasteiger partial charge is 0.320 e. The molecule has 7 heteroatoms. The van der Waals surface area contributed by atoms with E-state index in [0.29, 0.717) is 16.7 Å². The second-order valence-electron chi connectivity index (χ2n) is 3.96. The second kappa shape index (κ2) is 5.81. The van der Waals surface area contributed by atoms with Crippen molar-refractivity contribution in [3.8, 4) is 11.5 Å². The molecular formula is C12H12ClN3O3. The van der Waals surface area contributed by atoms with Gasteiger partial charge >= 0.3 is 5.97 Å². The summed E-state index contributed by atoms with van der Waals surface area (Å²) in [6.07, 6.45) is 0. The van der Waals surface area contributed by atoms with Gasteiger partial charge in [-0.25, -0.2) is 0 Å². The summed E-state index contributed by atoms with van der Waals surface area (Å²) >= 11 is 5.79. The van der Waals surface area contributed by atoms with E-state index in [0.717, 1.165) is 5.56 Å². The van der Waals surface area contributed by atoms with Crippen LogP contribution in [0.25, 0.3) is 11.5 Å². The number of aromatic nitrogens is 2. The molecule has 100 valence electrons. The minimum absolute atomic E-state index is 0.227. The number of carboxylic acids is 1. The van der Waals surface area contributed by atoms with E-state index in [1.165, 1.54) is 0 Å². The largest absolute Gasteiger partial charge is 0.480 e. The van der Waals surface area contributed by atoms with Gasteiger partial charge in [-0.05, 0) is 31.2 Å². The topological polar surface area (TPSA) is 88.3 Å². The van der Waals surface area contributed by atoms with Crippen molar-refractivity contribution in [1.82, 2.24) is 15.5 Å². The molecule has 0 fully saturated rings. The van der Waals surface area contributed by atoms with Crippen LogP contribution in [0.4, 0.5) is 0 Å². The van der Waals surface area contributed by atoms with Crippen molar-refractivity contribution in [1.29, 1.82) is 0 Å². The molecule has 1 aromatic heterocycles. The highest BCUT2D eigenvalue weighted by atomic mass is 35.5. The number of hydrogen-bond donors (Lipinski definition) is 2. The molecule has 0 spiro atoms. The summed E-state index contributed by atoms with van der Waals surface area (Å²) in [6, 6.07) is 6.33. The van der Waals surface area contributed by atoms with Gasteiger partial charge in [-0.2, -0.15) is 4.98 Å². The number of carbonyl (C=O) groups is 1. The Labute approximate surface area is 114 Å². The first-order chi connectivity index (χ1) is 9.06. The summed E-state index contributed by atoms with van der Waals surface area (Å²) in [5.74, 6) is -0.157. The van der Waals surface area contributed by atoms with Crippen LogP contribution in [0, 0.1) is 0 Å². The number of carboxylic acid groups (broad SMARTS) is 1. The highest BCUT2D eigenvalue weighted by Gasteiger charge is 2.13. The molecule has 0 aliphatic carbocycles. The molecule has 19 heavy (non-hydrogen) atoms. The highest BCUT2D eigenvalue weighted by Crippen LogP contribution is 2.19. The summed E-state index contributed by atoms with van der Waals surface area (Å²) < 4.78 is 5.09. The van der Waals surface area contributed by atoms with Gasteiger partial charge < -0.3 is 9.63 Å². The SMILES string of the molecule is CC(NCc1noc(-c2ccc(Cl)cc2)n1)C(=O)O. The van der Waals surface area contributed by atoms with Crippen molar-refractivity contribution in [3.05, 3.63) is 35.1 Å². The molecule has 2 aromatic rings.